The molecule has 0 spiro atoms. The van der Waals surface area contributed by atoms with Crippen LogP contribution in [0.3, 0.4) is 0 Å². The van der Waals surface area contributed by atoms with Gasteiger partial charge in [0.2, 0.25) is 5.91 Å². The summed E-state index contributed by atoms with van der Waals surface area (Å²) in [5.41, 5.74) is 2.50. The lowest BCUT2D eigenvalue weighted by atomic mass is 10.1. The van der Waals surface area contributed by atoms with Crippen molar-refractivity contribution >= 4 is 66.2 Å². The van der Waals surface area contributed by atoms with Gasteiger partial charge in [-0.05, 0) is 85.6 Å². The molecule has 4 rings (SSSR count). The van der Waals surface area contributed by atoms with Crippen LogP contribution in [0.2, 0.25) is 10.0 Å². The zero-order chi connectivity index (χ0) is 29.1. The minimum Gasteiger partial charge on any atom is -0.325 e. The third-order valence-corrected chi connectivity index (χ3v) is 9.58. The Kier molecular flexibility index (Phi) is 8.74. The van der Waals surface area contributed by atoms with Crippen LogP contribution in [0.15, 0.2) is 101 Å². The Bertz CT molecular complexity index is 1760. The lowest BCUT2D eigenvalue weighted by Gasteiger charge is -2.25. The molecule has 4 aromatic carbocycles. The first-order valence-corrected chi connectivity index (χ1v) is 15.6. The Labute approximate surface area is 243 Å². The molecule has 40 heavy (non-hydrogen) atoms. The molecule has 12 heteroatoms. The van der Waals surface area contributed by atoms with E-state index < -0.39 is 32.5 Å². The molecule has 0 saturated heterocycles. The predicted octanol–water partition coefficient (Wildman–Crippen LogP) is 6.25. The lowest BCUT2D eigenvalue weighted by Crippen LogP contribution is -2.38. The minimum atomic E-state index is -4.18. The van der Waals surface area contributed by atoms with Gasteiger partial charge in [0.25, 0.3) is 20.0 Å². The molecule has 1 amide bonds. The van der Waals surface area contributed by atoms with Crippen LogP contribution >= 0.6 is 23.2 Å². The molecule has 0 aromatic heterocycles. The fourth-order valence-electron chi connectivity index (χ4n) is 3.80. The highest BCUT2D eigenvalue weighted by molar-refractivity contribution is 7.93. The molecule has 0 saturated carbocycles. The second-order valence-corrected chi connectivity index (χ2v) is 13.3. The fraction of sp³-hybridized carbons (Fsp3) is 0.107. The first kappa shape index (κ1) is 29.4. The van der Waals surface area contributed by atoms with Gasteiger partial charge >= 0.3 is 0 Å². The molecule has 208 valence electrons. The molecule has 0 aliphatic heterocycles. The number of rotatable bonds is 9. The van der Waals surface area contributed by atoms with Gasteiger partial charge in [-0.15, -0.1) is 0 Å². The molecule has 8 nitrogen and oxygen atoms in total. The average Bonchev–Trinajstić information content (AvgIpc) is 2.90. The smallest absolute Gasteiger partial charge is 0.264 e. The second kappa shape index (κ2) is 11.9. The summed E-state index contributed by atoms with van der Waals surface area (Å²) in [5.74, 6) is -0.672. The highest BCUT2D eigenvalue weighted by Crippen LogP contribution is 2.32. The highest BCUT2D eigenvalue weighted by Gasteiger charge is 2.29. The SMILES string of the molecule is Cc1ccc(C)c(NS(=O)(=O)c2ccc(NC(=O)CN(c3ccc(Cl)cc3Cl)S(=O)(=O)c3ccccc3)cc2)c1. The number of hydrogen-bond donors (Lipinski definition) is 2. The molecular formula is C28H25Cl2N3O5S2. The summed E-state index contributed by atoms with van der Waals surface area (Å²) in [4.78, 5) is 13.0. The third kappa shape index (κ3) is 6.76. The summed E-state index contributed by atoms with van der Waals surface area (Å²) < 4.78 is 56.3. The van der Waals surface area contributed by atoms with Crippen LogP contribution in [-0.4, -0.2) is 29.3 Å². The summed E-state index contributed by atoms with van der Waals surface area (Å²) in [6.45, 7) is 3.06. The zero-order valence-electron chi connectivity index (χ0n) is 21.4. The van der Waals surface area contributed by atoms with Gasteiger partial charge in [0.1, 0.15) is 6.54 Å². The Morgan fingerprint density at radius 1 is 0.800 bits per heavy atom. The minimum absolute atomic E-state index is 0.00682. The van der Waals surface area contributed by atoms with Crippen molar-refractivity contribution in [3.63, 3.8) is 0 Å². The van der Waals surface area contributed by atoms with Gasteiger partial charge in [-0.1, -0.05) is 53.5 Å². The maximum atomic E-state index is 13.5. The standard InChI is InChI=1S/C28H25Cl2N3O5S2/c1-19-8-9-20(2)26(16-19)32-39(35,36)23-13-11-22(12-14-23)31-28(34)18-33(27-15-10-21(29)17-25(27)30)40(37,38)24-6-4-3-5-7-24/h3-17,32H,18H2,1-2H3,(H,31,34). The summed E-state index contributed by atoms with van der Waals surface area (Å²) in [6, 6.07) is 22.9. The van der Waals surface area contributed by atoms with E-state index in [2.05, 4.69) is 10.0 Å². The van der Waals surface area contributed by atoms with Gasteiger partial charge < -0.3 is 5.32 Å². The van der Waals surface area contributed by atoms with Crippen molar-refractivity contribution in [2.24, 2.45) is 0 Å². The van der Waals surface area contributed by atoms with Crippen molar-refractivity contribution in [3.8, 4) is 0 Å². The number of nitrogens with one attached hydrogen (secondary N) is 2. The maximum absolute atomic E-state index is 13.5. The maximum Gasteiger partial charge on any atom is 0.264 e. The second-order valence-electron chi connectivity index (χ2n) is 8.92. The van der Waals surface area contributed by atoms with Crippen molar-refractivity contribution in [1.82, 2.24) is 0 Å². The normalized spacial score (nSPS) is 11.6. The summed E-state index contributed by atoms with van der Waals surface area (Å²) in [5, 5.41) is 2.96. The Balaban J connectivity index is 1.55. The third-order valence-electron chi connectivity index (χ3n) is 5.88. The van der Waals surface area contributed by atoms with E-state index in [0.29, 0.717) is 10.7 Å². The Hall–Kier alpha value is -3.57. The van der Waals surface area contributed by atoms with E-state index in [1.807, 2.05) is 19.1 Å². The molecule has 0 aliphatic rings. The lowest BCUT2D eigenvalue weighted by molar-refractivity contribution is -0.114. The van der Waals surface area contributed by atoms with E-state index in [4.69, 9.17) is 23.2 Å². The van der Waals surface area contributed by atoms with E-state index in [1.165, 1.54) is 54.6 Å². The quantitative estimate of drug-likeness (QED) is 0.231. The van der Waals surface area contributed by atoms with Crippen molar-refractivity contribution in [2.75, 3.05) is 20.9 Å². The molecule has 0 unspecified atom stereocenters. The van der Waals surface area contributed by atoms with E-state index in [1.54, 1.807) is 31.2 Å². The fourth-order valence-corrected chi connectivity index (χ4v) is 6.94. The van der Waals surface area contributed by atoms with Crippen molar-refractivity contribution in [2.45, 2.75) is 23.6 Å². The first-order valence-electron chi connectivity index (χ1n) is 11.9. The van der Waals surface area contributed by atoms with Gasteiger partial charge in [-0.2, -0.15) is 0 Å². The molecule has 0 aliphatic carbocycles. The number of carbonyl (C=O) groups is 1. The Morgan fingerprint density at radius 2 is 1.48 bits per heavy atom. The number of carbonyl (C=O) groups excluding carboxylic acids is 1. The largest absolute Gasteiger partial charge is 0.325 e. The topological polar surface area (TPSA) is 113 Å². The number of hydrogen-bond acceptors (Lipinski definition) is 5. The van der Waals surface area contributed by atoms with Crippen LogP contribution in [0.1, 0.15) is 11.1 Å². The summed E-state index contributed by atoms with van der Waals surface area (Å²) >= 11 is 12.3. The number of aryl methyl sites for hydroxylation is 2. The predicted molar refractivity (Wildman–Crippen MR) is 159 cm³/mol. The number of amides is 1. The molecule has 0 bridgehead atoms. The van der Waals surface area contributed by atoms with Crippen LogP contribution in [-0.2, 0) is 24.8 Å². The number of sulfonamides is 2. The van der Waals surface area contributed by atoms with Gasteiger partial charge in [-0.3, -0.25) is 13.8 Å². The monoisotopic (exact) mass is 617 g/mol. The van der Waals surface area contributed by atoms with E-state index in [9.17, 15) is 21.6 Å². The number of benzene rings is 4. The average molecular weight is 619 g/mol. The molecule has 0 heterocycles. The molecule has 4 aromatic rings. The first-order chi connectivity index (χ1) is 18.9. The van der Waals surface area contributed by atoms with Gasteiger partial charge in [0.15, 0.2) is 0 Å². The molecular weight excluding hydrogens is 593 g/mol. The summed E-state index contributed by atoms with van der Waals surface area (Å²) in [7, 11) is -8.07. The van der Waals surface area contributed by atoms with Crippen LogP contribution in [0, 0.1) is 13.8 Å². The van der Waals surface area contributed by atoms with Gasteiger partial charge in [0, 0.05) is 10.7 Å². The van der Waals surface area contributed by atoms with Gasteiger partial charge in [-0.25, -0.2) is 16.8 Å². The van der Waals surface area contributed by atoms with Gasteiger partial charge in [0.05, 0.1) is 26.2 Å². The molecule has 0 radical (unpaired) electrons. The Morgan fingerprint density at radius 3 is 2.12 bits per heavy atom. The van der Waals surface area contributed by atoms with Crippen LogP contribution in [0.4, 0.5) is 17.1 Å². The highest BCUT2D eigenvalue weighted by atomic mass is 35.5. The van der Waals surface area contributed by atoms with Crippen LogP contribution in [0.25, 0.3) is 0 Å². The summed E-state index contributed by atoms with van der Waals surface area (Å²) in [6.07, 6.45) is 0. The molecule has 0 atom stereocenters. The van der Waals surface area contributed by atoms with E-state index in [-0.39, 0.29) is 26.2 Å². The van der Waals surface area contributed by atoms with E-state index >= 15 is 0 Å². The van der Waals surface area contributed by atoms with Crippen molar-refractivity contribution < 1.29 is 21.6 Å². The molecule has 0 fully saturated rings. The van der Waals surface area contributed by atoms with Crippen LogP contribution < -0.4 is 14.3 Å². The number of anilines is 3. The number of nitrogens with zero attached hydrogens (tertiary/aromatic N) is 1. The number of halogens is 2. The van der Waals surface area contributed by atoms with E-state index in [0.717, 1.165) is 15.4 Å². The zero-order valence-corrected chi connectivity index (χ0v) is 24.6. The molecule has 2 N–H and O–H groups in total. The van der Waals surface area contributed by atoms with Crippen LogP contribution in [0.5, 0.6) is 0 Å². The van der Waals surface area contributed by atoms with Crippen molar-refractivity contribution in [3.05, 3.63) is 112 Å². The van der Waals surface area contributed by atoms with Crippen molar-refractivity contribution in [1.29, 1.82) is 0 Å².